The zero-order valence-electron chi connectivity index (χ0n) is 13.9. The maximum atomic E-state index is 5.99. The number of hydrogen-bond donors (Lipinski definition) is 1. The molecule has 0 radical (unpaired) electrons. The van der Waals surface area contributed by atoms with Crippen molar-refractivity contribution in [3.05, 3.63) is 23.8 Å². The minimum atomic E-state index is 0.138. The van der Waals surface area contributed by atoms with Gasteiger partial charge in [-0.1, -0.05) is 12.1 Å². The molecule has 0 atom stereocenters. The summed E-state index contributed by atoms with van der Waals surface area (Å²) in [6, 6.07) is 6.13. The molecular formula is C17H28N2O2. The summed E-state index contributed by atoms with van der Waals surface area (Å²) in [5, 5.41) is 3.55. The van der Waals surface area contributed by atoms with Crippen molar-refractivity contribution >= 4 is 0 Å². The first kappa shape index (κ1) is 16.1. The minimum absolute atomic E-state index is 0.138. The lowest BCUT2D eigenvalue weighted by molar-refractivity contribution is 0.144. The zero-order chi connectivity index (χ0) is 15.5. The first-order valence-corrected chi connectivity index (χ1v) is 7.71. The van der Waals surface area contributed by atoms with Crippen molar-refractivity contribution in [1.29, 1.82) is 0 Å². The number of ether oxygens (including phenoxy) is 2. The third kappa shape index (κ3) is 4.35. The van der Waals surface area contributed by atoms with Crippen molar-refractivity contribution < 1.29 is 9.47 Å². The Balaban J connectivity index is 2.18. The lowest BCUT2D eigenvalue weighted by atomic mass is 10.0. The molecule has 1 heterocycles. The number of benzene rings is 1. The predicted molar refractivity (Wildman–Crippen MR) is 86.1 cm³/mol. The van der Waals surface area contributed by atoms with Crippen LogP contribution in [0.15, 0.2) is 18.2 Å². The number of para-hydroxylation sites is 1. The molecule has 0 amide bonds. The Morgan fingerprint density at radius 1 is 1.33 bits per heavy atom. The Hall–Kier alpha value is -1.26. The molecule has 2 rings (SSSR count). The van der Waals surface area contributed by atoms with Gasteiger partial charge in [0.25, 0.3) is 0 Å². The Morgan fingerprint density at radius 2 is 2.10 bits per heavy atom. The first-order valence-electron chi connectivity index (χ1n) is 7.71. The maximum Gasteiger partial charge on any atom is 0.166 e. The number of methoxy groups -OCH3 is 1. The summed E-state index contributed by atoms with van der Waals surface area (Å²) in [5.74, 6) is 1.70. The highest BCUT2D eigenvalue weighted by molar-refractivity contribution is 5.46. The molecule has 4 nitrogen and oxygen atoms in total. The highest BCUT2D eigenvalue weighted by Gasteiger charge is 2.26. The topological polar surface area (TPSA) is 33.7 Å². The predicted octanol–water partition coefficient (Wildman–Crippen LogP) is 2.67. The van der Waals surface area contributed by atoms with Crippen molar-refractivity contribution in [3.8, 4) is 11.5 Å². The van der Waals surface area contributed by atoms with Crippen LogP contribution in [0.25, 0.3) is 0 Å². The van der Waals surface area contributed by atoms with E-state index in [0.717, 1.165) is 37.7 Å². The van der Waals surface area contributed by atoms with Gasteiger partial charge in [-0.2, -0.15) is 0 Å². The zero-order valence-corrected chi connectivity index (χ0v) is 13.9. The molecule has 1 N–H and O–H groups in total. The summed E-state index contributed by atoms with van der Waals surface area (Å²) in [4.78, 5) is 2.47. The van der Waals surface area contributed by atoms with Gasteiger partial charge in [-0.3, -0.25) is 4.90 Å². The van der Waals surface area contributed by atoms with Gasteiger partial charge in [0.15, 0.2) is 11.5 Å². The van der Waals surface area contributed by atoms with Crippen LogP contribution in [0, 0.1) is 0 Å². The van der Waals surface area contributed by atoms with Crippen LogP contribution in [0.4, 0.5) is 0 Å². The molecule has 4 heteroatoms. The molecule has 0 bridgehead atoms. The second-order valence-corrected chi connectivity index (χ2v) is 6.64. The third-order valence-corrected chi connectivity index (χ3v) is 3.68. The van der Waals surface area contributed by atoms with E-state index in [1.807, 2.05) is 26.0 Å². The summed E-state index contributed by atoms with van der Waals surface area (Å²) in [5.41, 5.74) is 1.36. The number of nitrogens with one attached hydrogen (secondary N) is 1. The highest BCUT2D eigenvalue weighted by Crippen LogP contribution is 2.33. The van der Waals surface area contributed by atoms with Gasteiger partial charge in [-0.25, -0.2) is 0 Å². The summed E-state index contributed by atoms with van der Waals surface area (Å²) >= 11 is 0. The molecule has 0 spiro atoms. The van der Waals surface area contributed by atoms with Crippen LogP contribution < -0.4 is 14.8 Å². The Kier molecular flexibility index (Phi) is 5.12. The molecule has 0 aliphatic carbocycles. The molecule has 1 saturated heterocycles. The van der Waals surface area contributed by atoms with Crippen molar-refractivity contribution in [2.45, 2.75) is 45.9 Å². The van der Waals surface area contributed by atoms with Crippen molar-refractivity contribution in [3.63, 3.8) is 0 Å². The van der Waals surface area contributed by atoms with Gasteiger partial charge in [-0.15, -0.1) is 0 Å². The van der Waals surface area contributed by atoms with Gasteiger partial charge < -0.3 is 14.8 Å². The van der Waals surface area contributed by atoms with E-state index in [2.05, 4.69) is 30.1 Å². The van der Waals surface area contributed by atoms with E-state index in [-0.39, 0.29) is 11.6 Å². The second kappa shape index (κ2) is 6.67. The molecule has 1 aromatic rings. The van der Waals surface area contributed by atoms with E-state index < -0.39 is 0 Å². The van der Waals surface area contributed by atoms with E-state index in [4.69, 9.17) is 9.47 Å². The van der Waals surface area contributed by atoms with Crippen LogP contribution in [-0.2, 0) is 6.54 Å². The number of rotatable bonds is 5. The van der Waals surface area contributed by atoms with E-state index in [1.165, 1.54) is 5.56 Å². The third-order valence-electron chi connectivity index (χ3n) is 3.68. The molecular weight excluding hydrogens is 264 g/mol. The summed E-state index contributed by atoms with van der Waals surface area (Å²) in [7, 11) is 1.69. The fraction of sp³-hybridized carbons (Fsp3) is 0.647. The number of hydrogen-bond acceptors (Lipinski definition) is 4. The molecule has 1 aliphatic rings. The van der Waals surface area contributed by atoms with Crippen molar-refractivity contribution in [2.75, 3.05) is 26.7 Å². The monoisotopic (exact) mass is 292 g/mol. The molecule has 0 saturated carbocycles. The smallest absolute Gasteiger partial charge is 0.166 e. The van der Waals surface area contributed by atoms with Crippen LogP contribution in [0.3, 0.4) is 0 Å². The quantitative estimate of drug-likeness (QED) is 0.904. The van der Waals surface area contributed by atoms with Crippen LogP contribution in [0.1, 0.15) is 33.3 Å². The lowest BCUT2D eigenvalue weighted by Crippen LogP contribution is -2.56. The van der Waals surface area contributed by atoms with Gasteiger partial charge >= 0.3 is 0 Å². The average molecular weight is 292 g/mol. The lowest BCUT2D eigenvalue weighted by Gasteiger charge is -2.39. The van der Waals surface area contributed by atoms with Crippen LogP contribution in [0.2, 0.25) is 0 Å². The van der Waals surface area contributed by atoms with Gasteiger partial charge in [0.2, 0.25) is 0 Å². The van der Waals surface area contributed by atoms with Crippen LogP contribution in [-0.4, -0.2) is 43.3 Å². The van der Waals surface area contributed by atoms with Crippen molar-refractivity contribution in [2.24, 2.45) is 0 Å². The Bertz CT molecular complexity index is 472. The summed E-state index contributed by atoms with van der Waals surface area (Å²) in [6.07, 6.45) is 0.138. The maximum absolute atomic E-state index is 5.99. The first-order chi connectivity index (χ1) is 9.91. The molecule has 1 fully saturated rings. The molecule has 0 aromatic heterocycles. The van der Waals surface area contributed by atoms with Crippen LogP contribution >= 0.6 is 0 Å². The summed E-state index contributed by atoms with van der Waals surface area (Å²) in [6.45, 7) is 12.6. The second-order valence-electron chi connectivity index (χ2n) is 6.64. The fourth-order valence-corrected chi connectivity index (χ4v) is 2.84. The number of piperazine rings is 1. The molecule has 1 aromatic carbocycles. The number of nitrogens with zero attached hydrogens (tertiary/aromatic N) is 1. The molecule has 0 unspecified atom stereocenters. The molecule has 118 valence electrons. The van der Waals surface area contributed by atoms with Gasteiger partial charge in [0.1, 0.15) is 0 Å². The normalized spacial score (nSPS) is 18.8. The highest BCUT2D eigenvalue weighted by atomic mass is 16.5. The largest absolute Gasteiger partial charge is 0.493 e. The SMILES string of the molecule is COc1cccc(CN2CCNC(C)(C)C2)c1OC(C)C. The van der Waals surface area contributed by atoms with Gasteiger partial charge in [0, 0.05) is 37.3 Å². The van der Waals surface area contributed by atoms with Gasteiger partial charge in [0.05, 0.1) is 13.2 Å². The van der Waals surface area contributed by atoms with Crippen LogP contribution in [0.5, 0.6) is 11.5 Å². The molecule has 21 heavy (non-hydrogen) atoms. The minimum Gasteiger partial charge on any atom is -0.493 e. The van der Waals surface area contributed by atoms with E-state index in [1.54, 1.807) is 7.11 Å². The fourth-order valence-electron chi connectivity index (χ4n) is 2.84. The van der Waals surface area contributed by atoms with E-state index in [0.29, 0.717) is 0 Å². The van der Waals surface area contributed by atoms with E-state index >= 15 is 0 Å². The molecule has 1 aliphatic heterocycles. The van der Waals surface area contributed by atoms with E-state index in [9.17, 15) is 0 Å². The average Bonchev–Trinajstić information content (AvgIpc) is 2.39. The Labute approximate surface area is 128 Å². The summed E-state index contributed by atoms with van der Waals surface area (Å²) < 4.78 is 11.5. The van der Waals surface area contributed by atoms with Gasteiger partial charge in [-0.05, 0) is 33.8 Å². The van der Waals surface area contributed by atoms with Crippen molar-refractivity contribution in [1.82, 2.24) is 10.2 Å². The standard InChI is InChI=1S/C17H28N2O2/c1-13(2)21-16-14(7-6-8-15(16)20-5)11-19-10-9-18-17(3,4)12-19/h6-8,13,18H,9-12H2,1-5H3. The Morgan fingerprint density at radius 3 is 2.71 bits per heavy atom.